The predicted molar refractivity (Wildman–Crippen MR) is 27.3 cm³/mol. The Morgan fingerprint density at radius 3 is 2.29 bits per heavy atom. The van der Waals surface area contributed by atoms with E-state index in [-0.39, 0.29) is 40.4 Å². The summed E-state index contributed by atoms with van der Waals surface area (Å²) in [4.78, 5) is 0. The normalized spacial score (nSPS) is 12.6. The van der Waals surface area contributed by atoms with Gasteiger partial charge in [0.05, 0.1) is 0 Å². The molecule has 0 saturated heterocycles. The first kappa shape index (κ1) is 10.7. The van der Waals surface area contributed by atoms with E-state index in [0.29, 0.717) is 0 Å². The molecule has 3 radical (unpaired) electrons. The summed E-state index contributed by atoms with van der Waals surface area (Å²) in [6.45, 7) is 0. The molecule has 0 aromatic carbocycles. The van der Waals surface area contributed by atoms with Crippen LogP contribution in [-0.2, 0) is 16.8 Å². The van der Waals surface area contributed by atoms with Gasteiger partial charge in [0.15, 0.2) is 0 Å². The van der Waals surface area contributed by atoms with Crippen molar-refractivity contribution < 1.29 is 16.8 Å². The number of rotatable bonds is 0. The molecule has 0 aromatic heterocycles. The second-order valence-electron chi connectivity index (χ2n) is 1.00. The molecule has 7 heavy (non-hydrogen) atoms. The number of hydrogen-bond donors (Lipinski definition) is 0. The molecule has 0 spiro atoms. The van der Waals surface area contributed by atoms with Gasteiger partial charge in [-0.05, 0) is 0 Å². The third kappa shape index (κ3) is 4.63. The van der Waals surface area contributed by atoms with E-state index in [4.69, 9.17) is 0 Å². The average molecular weight is 252 g/mol. The SMILES string of the molecule is [C-]1=CC=CC1.[Co].[Te]. The Hall–Kier alpha value is 0.776. The summed E-state index contributed by atoms with van der Waals surface area (Å²) < 4.78 is 0. The van der Waals surface area contributed by atoms with Crippen LogP contribution in [0.1, 0.15) is 6.42 Å². The van der Waals surface area contributed by atoms with E-state index in [1.807, 2.05) is 12.2 Å². The second-order valence-corrected chi connectivity index (χ2v) is 1.00. The molecule has 0 bridgehead atoms. The van der Waals surface area contributed by atoms with Crippen LogP contribution in [-0.4, -0.2) is 23.7 Å². The smallest absolute Gasteiger partial charge is 0 e. The van der Waals surface area contributed by atoms with E-state index in [1.165, 1.54) is 0 Å². The van der Waals surface area contributed by atoms with Gasteiger partial charge >= 0.3 is 0 Å². The molecule has 0 atom stereocenters. The maximum Gasteiger partial charge on any atom is 0 e. The summed E-state index contributed by atoms with van der Waals surface area (Å²) in [5.74, 6) is 0. The van der Waals surface area contributed by atoms with Crippen LogP contribution >= 0.6 is 0 Å². The van der Waals surface area contributed by atoms with Crippen molar-refractivity contribution in [1.82, 2.24) is 0 Å². The van der Waals surface area contributed by atoms with E-state index in [9.17, 15) is 0 Å². The molecular weight excluding hydrogens is 247 g/mol. The Labute approximate surface area is 71.0 Å². The third-order valence-electron chi connectivity index (χ3n) is 0.586. The van der Waals surface area contributed by atoms with E-state index < -0.39 is 0 Å². The molecule has 1 rings (SSSR count). The topological polar surface area (TPSA) is 0 Å². The molecule has 0 amide bonds. The van der Waals surface area contributed by atoms with Gasteiger partial charge in [0.2, 0.25) is 0 Å². The Balaban J connectivity index is 0. The number of hydrogen-bond acceptors (Lipinski definition) is 0. The maximum atomic E-state index is 2.99. The van der Waals surface area contributed by atoms with Gasteiger partial charge in [-0.3, -0.25) is 6.08 Å². The quantitative estimate of drug-likeness (QED) is 0.444. The van der Waals surface area contributed by atoms with Crippen LogP contribution in [0.15, 0.2) is 18.2 Å². The Morgan fingerprint density at radius 2 is 2.14 bits per heavy atom. The fraction of sp³-hybridized carbons (Fsp3) is 0.200. The molecule has 41 valence electrons. The summed E-state index contributed by atoms with van der Waals surface area (Å²) in [6, 6.07) is 0. The molecule has 0 heterocycles. The van der Waals surface area contributed by atoms with Crippen molar-refractivity contribution in [2.75, 3.05) is 0 Å². The van der Waals surface area contributed by atoms with Crippen molar-refractivity contribution in [3.8, 4) is 0 Å². The average Bonchev–Trinajstić information content (AvgIpc) is 1.76. The van der Waals surface area contributed by atoms with Gasteiger partial charge in [-0.25, -0.2) is 12.2 Å². The van der Waals surface area contributed by atoms with Gasteiger partial charge in [-0.15, -0.1) is 6.42 Å². The molecule has 0 aromatic rings. The van der Waals surface area contributed by atoms with Crippen molar-refractivity contribution >= 4 is 23.7 Å². The van der Waals surface area contributed by atoms with E-state index in [0.717, 1.165) is 6.42 Å². The molecule has 0 N–H and O–H groups in total. The van der Waals surface area contributed by atoms with Crippen LogP contribution in [0.3, 0.4) is 0 Å². The third-order valence-corrected chi connectivity index (χ3v) is 0.586. The van der Waals surface area contributed by atoms with Crippen LogP contribution in [0, 0.1) is 6.08 Å². The van der Waals surface area contributed by atoms with Crippen molar-refractivity contribution in [3.63, 3.8) is 0 Å². The van der Waals surface area contributed by atoms with E-state index >= 15 is 0 Å². The molecule has 1 aliphatic rings. The van der Waals surface area contributed by atoms with Crippen molar-refractivity contribution in [1.29, 1.82) is 0 Å². The first-order chi connectivity index (χ1) is 2.50. The molecule has 0 saturated carbocycles. The largest absolute Gasteiger partial charge is 0.273 e. The molecular formula is C5H5CoTe-. The summed E-state index contributed by atoms with van der Waals surface area (Å²) in [5.41, 5.74) is 0. The zero-order chi connectivity index (χ0) is 3.54. The predicted octanol–water partition coefficient (Wildman–Crippen LogP) is 0.922. The van der Waals surface area contributed by atoms with Crippen molar-refractivity contribution in [2.24, 2.45) is 0 Å². The fourth-order valence-electron chi connectivity index (χ4n) is 0.340. The van der Waals surface area contributed by atoms with Crippen LogP contribution < -0.4 is 0 Å². The zero-order valence-electron chi connectivity index (χ0n) is 3.68. The summed E-state index contributed by atoms with van der Waals surface area (Å²) in [7, 11) is 0. The minimum Gasteiger partial charge on any atom is -0.273 e. The molecule has 1 aliphatic carbocycles. The van der Waals surface area contributed by atoms with Crippen LogP contribution in [0.2, 0.25) is 0 Å². The van der Waals surface area contributed by atoms with Crippen LogP contribution in [0.25, 0.3) is 0 Å². The Morgan fingerprint density at radius 1 is 1.43 bits per heavy atom. The minimum atomic E-state index is 0. The molecule has 0 unspecified atom stereocenters. The van der Waals surface area contributed by atoms with Gasteiger partial charge in [-0.2, -0.15) is 6.08 Å². The van der Waals surface area contributed by atoms with Gasteiger partial charge in [-0.1, -0.05) is 0 Å². The van der Waals surface area contributed by atoms with Gasteiger partial charge in [0.25, 0.3) is 0 Å². The van der Waals surface area contributed by atoms with Gasteiger partial charge < -0.3 is 0 Å². The minimum absolute atomic E-state index is 0. The van der Waals surface area contributed by atoms with Crippen LogP contribution in [0.5, 0.6) is 0 Å². The first-order valence-electron chi connectivity index (χ1n) is 1.72. The molecule has 0 nitrogen and oxygen atoms in total. The monoisotopic (exact) mass is 254 g/mol. The fourth-order valence-corrected chi connectivity index (χ4v) is 0.340. The standard InChI is InChI=1S/C5H5.Co.Te/c1-2-4-5-3-1;;/h1-3H,4H2;;/q-1;;. The Bertz CT molecular complexity index is 66.1. The van der Waals surface area contributed by atoms with E-state index in [2.05, 4.69) is 12.2 Å². The summed E-state index contributed by atoms with van der Waals surface area (Å²) in [6.07, 6.45) is 10.0. The first-order valence-corrected chi connectivity index (χ1v) is 1.72. The molecule has 0 fully saturated rings. The number of allylic oxidation sites excluding steroid dienone is 4. The second kappa shape index (κ2) is 6.78. The van der Waals surface area contributed by atoms with Crippen LogP contribution in [0.4, 0.5) is 0 Å². The Kier molecular flexibility index (Phi) is 10.4. The zero-order valence-corrected chi connectivity index (χ0v) is 7.05. The maximum absolute atomic E-state index is 2.99. The molecule has 2 heteroatoms. The van der Waals surface area contributed by atoms with E-state index in [1.54, 1.807) is 0 Å². The molecule has 0 aliphatic heterocycles. The summed E-state index contributed by atoms with van der Waals surface area (Å²) >= 11 is 0. The van der Waals surface area contributed by atoms with Crippen molar-refractivity contribution in [3.05, 3.63) is 24.3 Å². The van der Waals surface area contributed by atoms with Gasteiger partial charge in [0.1, 0.15) is 0 Å². The van der Waals surface area contributed by atoms with Gasteiger partial charge in [0, 0.05) is 40.4 Å². The van der Waals surface area contributed by atoms with Crippen molar-refractivity contribution in [2.45, 2.75) is 6.42 Å². The summed E-state index contributed by atoms with van der Waals surface area (Å²) in [5, 5.41) is 0.